The molecule has 0 saturated carbocycles. The highest BCUT2D eigenvalue weighted by atomic mass is 16.1. The van der Waals surface area contributed by atoms with Gasteiger partial charge in [-0.15, -0.1) is 0 Å². The maximum atomic E-state index is 12.6. The minimum absolute atomic E-state index is 0.106. The Morgan fingerprint density at radius 3 is 2.79 bits per heavy atom. The highest BCUT2D eigenvalue weighted by Gasteiger charge is 2.22. The number of anilines is 2. The van der Waals surface area contributed by atoms with Crippen LogP contribution < -0.4 is 10.2 Å². The molecule has 1 aliphatic heterocycles. The Morgan fingerprint density at radius 1 is 1.08 bits per heavy atom. The average molecular weight is 324 g/mol. The van der Waals surface area contributed by atoms with Crippen LogP contribution in [0.4, 0.5) is 11.4 Å². The van der Waals surface area contributed by atoms with Gasteiger partial charge >= 0.3 is 0 Å². The van der Waals surface area contributed by atoms with Crippen molar-refractivity contribution in [2.75, 3.05) is 23.3 Å². The van der Waals surface area contributed by atoms with E-state index >= 15 is 0 Å². The number of aryl methyl sites for hydroxylation is 1. The summed E-state index contributed by atoms with van der Waals surface area (Å²) in [7, 11) is 0. The van der Waals surface area contributed by atoms with Crippen LogP contribution >= 0.6 is 0 Å². The van der Waals surface area contributed by atoms with Crippen LogP contribution in [0.15, 0.2) is 24.3 Å². The summed E-state index contributed by atoms with van der Waals surface area (Å²) in [6, 6.07) is 8.16. The number of nitrogens with zero attached hydrogens (tertiary/aromatic N) is 2. The molecule has 4 rings (SSSR count). The van der Waals surface area contributed by atoms with Crippen molar-refractivity contribution in [3.8, 4) is 0 Å². The molecule has 24 heavy (non-hydrogen) atoms. The normalized spacial score (nSPS) is 17.4. The molecule has 1 aromatic carbocycles. The molecule has 1 fully saturated rings. The van der Waals surface area contributed by atoms with Crippen LogP contribution in [0, 0.1) is 0 Å². The summed E-state index contributed by atoms with van der Waals surface area (Å²) in [5.41, 5.74) is 4.83. The van der Waals surface area contributed by atoms with Crippen molar-refractivity contribution < 1.29 is 4.79 Å². The van der Waals surface area contributed by atoms with Gasteiger partial charge in [-0.1, -0.05) is 6.07 Å². The summed E-state index contributed by atoms with van der Waals surface area (Å²) in [6.07, 6.45) is 8.07. The third kappa shape index (κ3) is 3.03. The Labute approximate surface area is 142 Å². The lowest BCUT2D eigenvalue weighted by Crippen LogP contribution is -2.29. The molecule has 1 saturated heterocycles. The van der Waals surface area contributed by atoms with Crippen LogP contribution in [0.2, 0.25) is 0 Å². The SMILES string of the molecule is O=C(Nc1cccc(N2CCCCC2)c1)c1n[nH]c2c1CCCC2. The molecule has 1 aromatic heterocycles. The summed E-state index contributed by atoms with van der Waals surface area (Å²) < 4.78 is 0. The number of benzene rings is 1. The minimum Gasteiger partial charge on any atom is -0.371 e. The molecule has 5 nitrogen and oxygen atoms in total. The van der Waals surface area contributed by atoms with Gasteiger partial charge in [-0.3, -0.25) is 9.89 Å². The lowest BCUT2D eigenvalue weighted by atomic mass is 9.96. The number of rotatable bonds is 3. The topological polar surface area (TPSA) is 61.0 Å². The van der Waals surface area contributed by atoms with Crippen molar-refractivity contribution in [3.63, 3.8) is 0 Å². The van der Waals surface area contributed by atoms with Gasteiger partial charge in [0.05, 0.1) is 0 Å². The van der Waals surface area contributed by atoms with Crippen molar-refractivity contribution in [1.82, 2.24) is 10.2 Å². The van der Waals surface area contributed by atoms with Crippen LogP contribution in [-0.4, -0.2) is 29.2 Å². The number of amides is 1. The molecular formula is C19H24N4O. The van der Waals surface area contributed by atoms with Crippen LogP contribution in [0.3, 0.4) is 0 Å². The quantitative estimate of drug-likeness (QED) is 0.908. The molecule has 0 radical (unpaired) electrons. The Kier molecular flexibility index (Phi) is 4.24. The van der Waals surface area contributed by atoms with E-state index in [0.29, 0.717) is 5.69 Å². The summed E-state index contributed by atoms with van der Waals surface area (Å²) in [5.74, 6) is -0.106. The zero-order valence-corrected chi connectivity index (χ0v) is 14.0. The predicted molar refractivity (Wildman–Crippen MR) is 95.7 cm³/mol. The van der Waals surface area contributed by atoms with Gasteiger partial charge in [-0.05, 0) is 63.1 Å². The fourth-order valence-electron chi connectivity index (χ4n) is 3.79. The second kappa shape index (κ2) is 6.67. The number of carbonyl (C=O) groups is 1. The van der Waals surface area contributed by atoms with E-state index in [2.05, 4.69) is 32.5 Å². The molecule has 5 heteroatoms. The Bertz CT molecular complexity index is 731. The van der Waals surface area contributed by atoms with Crippen molar-refractivity contribution in [2.45, 2.75) is 44.9 Å². The highest BCUT2D eigenvalue weighted by Crippen LogP contribution is 2.25. The van der Waals surface area contributed by atoms with Crippen molar-refractivity contribution in [3.05, 3.63) is 41.2 Å². The van der Waals surface area contributed by atoms with Gasteiger partial charge < -0.3 is 10.2 Å². The lowest BCUT2D eigenvalue weighted by molar-refractivity contribution is 0.102. The average Bonchev–Trinajstić information content (AvgIpc) is 3.07. The number of nitrogens with one attached hydrogen (secondary N) is 2. The van der Waals surface area contributed by atoms with Crippen LogP contribution in [0.5, 0.6) is 0 Å². The zero-order valence-electron chi connectivity index (χ0n) is 14.0. The first-order chi connectivity index (χ1) is 11.8. The molecule has 1 aliphatic carbocycles. The molecule has 2 aromatic rings. The van der Waals surface area contributed by atoms with E-state index in [-0.39, 0.29) is 5.91 Å². The van der Waals surface area contributed by atoms with Gasteiger partial charge in [0.2, 0.25) is 0 Å². The van der Waals surface area contributed by atoms with Gasteiger partial charge in [-0.2, -0.15) is 5.10 Å². The third-order valence-corrected chi connectivity index (χ3v) is 5.10. The van der Waals surface area contributed by atoms with E-state index < -0.39 is 0 Å². The third-order valence-electron chi connectivity index (χ3n) is 5.10. The Morgan fingerprint density at radius 2 is 1.92 bits per heavy atom. The highest BCUT2D eigenvalue weighted by molar-refractivity contribution is 6.04. The second-order valence-electron chi connectivity index (χ2n) is 6.79. The number of H-pyrrole nitrogens is 1. The van der Waals surface area contributed by atoms with E-state index in [1.54, 1.807) is 0 Å². The van der Waals surface area contributed by atoms with Gasteiger partial charge in [0.1, 0.15) is 0 Å². The molecule has 2 aliphatic rings. The van der Waals surface area contributed by atoms with E-state index in [4.69, 9.17) is 0 Å². The van der Waals surface area contributed by atoms with E-state index in [9.17, 15) is 4.79 Å². The lowest BCUT2D eigenvalue weighted by Gasteiger charge is -2.29. The fraction of sp³-hybridized carbons (Fsp3) is 0.474. The number of fused-ring (bicyclic) bond motifs is 1. The molecule has 2 heterocycles. The van der Waals surface area contributed by atoms with Crippen molar-refractivity contribution in [1.29, 1.82) is 0 Å². The Hall–Kier alpha value is -2.30. The first-order valence-corrected chi connectivity index (χ1v) is 9.04. The van der Waals surface area contributed by atoms with E-state index in [1.807, 2.05) is 12.1 Å². The molecule has 0 unspecified atom stereocenters. The second-order valence-corrected chi connectivity index (χ2v) is 6.79. The number of aromatic amines is 1. The number of hydrogen-bond donors (Lipinski definition) is 2. The van der Waals surface area contributed by atoms with Gasteiger partial charge in [0.25, 0.3) is 5.91 Å². The molecular weight excluding hydrogens is 300 g/mol. The first kappa shape index (κ1) is 15.2. The first-order valence-electron chi connectivity index (χ1n) is 9.04. The number of piperidine rings is 1. The fourth-order valence-corrected chi connectivity index (χ4v) is 3.79. The molecule has 0 spiro atoms. The molecule has 0 atom stereocenters. The number of hydrogen-bond acceptors (Lipinski definition) is 3. The standard InChI is InChI=1S/C19H24N4O/c24-19(18-16-9-2-3-10-17(16)21-22-18)20-14-7-6-8-15(13-14)23-11-4-1-5-12-23/h6-8,13H,1-5,9-12H2,(H,20,24)(H,21,22). The molecule has 1 amide bonds. The largest absolute Gasteiger partial charge is 0.371 e. The van der Waals surface area contributed by atoms with Crippen molar-refractivity contribution >= 4 is 17.3 Å². The maximum Gasteiger partial charge on any atom is 0.276 e. The number of carbonyl (C=O) groups excluding carboxylic acids is 1. The van der Waals surface area contributed by atoms with Crippen LogP contribution in [0.1, 0.15) is 53.8 Å². The van der Waals surface area contributed by atoms with E-state index in [0.717, 1.165) is 49.3 Å². The minimum atomic E-state index is -0.106. The van der Waals surface area contributed by atoms with Gasteiger partial charge in [0.15, 0.2) is 5.69 Å². The van der Waals surface area contributed by atoms with Crippen molar-refractivity contribution in [2.24, 2.45) is 0 Å². The summed E-state index contributed by atoms with van der Waals surface area (Å²) in [5, 5.41) is 10.3. The summed E-state index contributed by atoms with van der Waals surface area (Å²) >= 11 is 0. The smallest absolute Gasteiger partial charge is 0.276 e. The summed E-state index contributed by atoms with van der Waals surface area (Å²) in [4.78, 5) is 15.0. The van der Waals surface area contributed by atoms with Gasteiger partial charge in [-0.25, -0.2) is 0 Å². The van der Waals surface area contributed by atoms with Gasteiger partial charge in [0, 0.05) is 35.7 Å². The maximum absolute atomic E-state index is 12.6. The summed E-state index contributed by atoms with van der Waals surface area (Å²) in [6.45, 7) is 2.20. The molecule has 2 N–H and O–H groups in total. The van der Waals surface area contributed by atoms with Crippen LogP contribution in [0.25, 0.3) is 0 Å². The zero-order chi connectivity index (χ0) is 16.4. The molecule has 0 bridgehead atoms. The molecule has 126 valence electrons. The Balaban J connectivity index is 1.50. The van der Waals surface area contributed by atoms with E-state index in [1.165, 1.54) is 31.4 Å². The monoisotopic (exact) mass is 324 g/mol. The predicted octanol–water partition coefficient (Wildman–Crippen LogP) is 3.53. The van der Waals surface area contributed by atoms with Crippen LogP contribution in [-0.2, 0) is 12.8 Å². The number of aromatic nitrogens is 2.